The number of amides is 5. The summed E-state index contributed by atoms with van der Waals surface area (Å²) in [4.78, 5) is 108. The first-order valence-electron chi connectivity index (χ1n) is 29.7. The Bertz CT molecular complexity index is 4270. The zero-order chi connectivity index (χ0) is 60.6. The number of nitrogens with one attached hydrogen (secondary N) is 1. The predicted octanol–water partition coefficient (Wildman–Crippen LogP) is 8.96. The number of likely N-dealkylation sites (tertiary alicyclic amines) is 2. The minimum atomic E-state index is -0.564. The quantitative estimate of drug-likeness (QED) is 0.143. The number of fused-ring (bicyclic) bond motifs is 2. The van der Waals surface area contributed by atoms with Crippen molar-refractivity contribution in [1.29, 1.82) is 0 Å². The van der Waals surface area contributed by atoms with E-state index in [1.807, 2.05) is 94.7 Å². The molecule has 0 saturated carbocycles. The Morgan fingerprint density at radius 2 is 1.02 bits per heavy atom. The van der Waals surface area contributed by atoms with Crippen LogP contribution in [0.5, 0.6) is 0 Å². The zero-order valence-electron chi connectivity index (χ0n) is 49.1. The van der Waals surface area contributed by atoms with Crippen molar-refractivity contribution in [3.05, 3.63) is 143 Å². The number of hydrogen-bond donors (Lipinski definition) is 2. The molecule has 0 unspecified atom stereocenters. The lowest BCUT2D eigenvalue weighted by molar-refractivity contribution is -0.121. The summed E-state index contributed by atoms with van der Waals surface area (Å²) in [6.07, 6.45) is 12.8. The summed E-state index contributed by atoms with van der Waals surface area (Å²) in [5, 5.41) is 3.94. The Morgan fingerprint density at radius 3 is 1.45 bits per heavy atom. The van der Waals surface area contributed by atoms with Crippen LogP contribution in [0.1, 0.15) is 92.9 Å². The monoisotopic (exact) mass is 1220 g/mol. The molecule has 8 aromatic rings. The van der Waals surface area contributed by atoms with Crippen LogP contribution in [0.4, 0.5) is 23.2 Å². The number of pyridine rings is 2. The fourth-order valence-electron chi connectivity index (χ4n) is 13.5. The van der Waals surface area contributed by atoms with Gasteiger partial charge in [0.15, 0.2) is 23.1 Å². The number of ether oxygens (including phenoxy) is 1. The van der Waals surface area contributed by atoms with E-state index in [0.717, 1.165) is 36.7 Å². The summed E-state index contributed by atoms with van der Waals surface area (Å²) >= 11 is 0. The van der Waals surface area contributed by atoms with Gasteiger partial charge in [-0.05, 0) is 124 Å². The lowest BCUT2D eigenvalue weighted by Gasteiger charge is -2.35. The number of nitrogens with zero attached hydrogens (tertiary/aromatic N) is 10. The standard InChI is InChI=1S/C35H37FN6O5.C30H29FN6O3.ClH/c1-35(2,3)47-33(45)38-17-21-7-10-39(11-8-21)34(46)41-13-12-40-20-25(24-15-23(36)14-22(19-41)32(24)40)30-27(43)16-28(44)31(30)26-18-37-29-6-4-5-9-42(26)29;31-20-11-19-16-36(30(40)34-7-4-18(14-32)5-8-34)10-9-35-17-22(21(12-20)29(19)35)27-24(38)13-25(39)28(27)23-15-33-26-3-1-2-6-37(23)26;/h4-6,9,14-15,18,20-21H,7-8,10-13,16-17,19H2,1-3H3,(H,38,45);1-3,6,11-12,15,17-18H,4-5,7-10,13-14,16,32H2;1H. The molecule has 0 bridgehead atoms. The number of rotatable bonds is 7. The van der Waals surface area contributed by atoms with Gasteiger partial charge in [0, 0.05) is 130 Å². The normalized spacial score (nSPS) is 17.8. The highest BCUT2D eigenvalue weighted by Gasteiger charge is 2.39. The SMILES string of the molecule is CC(C)(C)OC(=O)NCC1CCN(C(=O)N2CCn3cc(C4=C(c5cnc6ccccn56)C(=O)CC4=O)c4cc(F)cc(c43)C2)CC1.Cl.NCC1CCN(C(=O)N2CCn3cc(C4=C(c5cnc6ccccn56)C(=O)CC4=O)c4cc(F)cc(c43)C2)CC1. The van der Waals surface area contributed by atoms with Gasteiger partial charge in [-0.1, -0.05) is 12.1 Å². The van der Waals surface area contributed by atoms with Crippen molar-refractivity contribution in [2.45, 2.75) is 91.1 Å². The van der Waals surface area contributed by atoms with Gasteiger partial charge in [0.1, 0.15) is 28.5 Å². The summed E-state index contributed by atoms with van der Waals surface area (Å²) in [7, 11) is 0. The number of halogens is 3. The highest BCUT2D eigenvalue weighted by molar-refractivity contribution is 6.52. The molecule has 6 aromatic heterocycles. The molecule has 2 aliphatic carbocycles. The average Bonchev–Trinajstić information content (AvgIpc) is 1.61. The van der Waals surface area contributed by atoms with Gasteiger partial charge in [0.05, 0.1) is 58.8 Å². The molecule has 456 valence electrons. The van der Waals surface area contributed by atoms with E-state index < -0.39 is 23.3 Å². The molecular weight excluding hydrogens is 1150 g/mol. The number of piperidine rings is 2. The van der Waals surface area contributed by atoms with E-state index in [9.17, 15) is 33.6 Å². The van der Waals surface area contributed by atoms with Crippen molar-refractivity contribution in [3.8, 4) is 0 Å². The van der Waals surface area contributed by atoms with E-state index in [4.69, 9.17) is 10.5 Å². The molecule has 4 aliphatic heterocycles. The largest absolute Gasteiger partial charge is 0.444 e. The topological polar surface area (TPSA) is 224 Å². The number of allylic oxidation sites excluding steroid dienone is 4. The Hall–Kier alpha value is -9.02. The van der Waals surface area contributed by atoms with Crippen molar-refractivity contribution in [2.75, 3.05) is 52.4 Å². The number of aromatic nitrogens is 6. The summed E-state index contributed by atoms with van der Waals surface area (Å²) < 4.78 is 43.2. The third kappa shape index (κ3) is 11.0. The minimum absolute atomic E-state index is 0. The second kappa shape index (κ2) is 23.6. The maximum atomic E-state index is 15.3. The third-order valence-electron chi connectivity index (χ3n) is 17.7. The molecule has 2 fully saturated rings. The van der Waals surface area contributed by atoms with E-state index in [1.165, 1.54) is 24.3 Å². The van der Waals surface area contributed by atoms with Gasteiger partial charge in [0.25, 0.3) is 0 Å². The van der Waals surface area contributed by atoms with Crippen LogP contribution in [0.2, 0.25) is 0 Å². The first kappa shape index (κ1) is 59.3. The highest BCUT2D eigenvalue weighted by Crippen LogP contribution is 2.43. The fourth-order valence-corrected chi connectivity index (χ4v) is 13.5. The van der Waals surface area contributed by atoms with Gasteiger partial charge in [-0.15, -0.1) is 12.4 Å². The number of urea groups is 2. The predicted molar refractivity (Wildman–Crippen MR) is 328 cm³/mol. The molecule has 3 N–H and O–H groups in total. The molecule has 88 heavy (non-hydrogen) atoms. The number of carbonyl (C=O) groups is 7. The number of imidazole rings is 2. The van der Waals surface area contributed by atoms with Crippen LogP contribution < -0.4 is 11.1 Å². The average molecular weight is 1220 g/mol. The first-order chi connectivity index (χ1) is 41.9. The van der Waals surface area contributed by atoms with Crippen LogP contribution in [0, 0.1) is 23.5 Å². The molecule has 2 aromatic carbocycles. The van der Waals surface area contributed by atoms with E-state index in [0.29, 0.717) is 138 Å². The summed E-state index contributed by atoms with van der Waals surface area (Å²) in [5.41, 5.74) is 12.7. The van der Waals surface area contributed by atoms with Crippen LogP contribution in [-0.4, -0.2) is 147 Å². The Balaban J connectivity index is 0.000000171. The van der Waals surface area contributed by atoms with Gasteiger partial charge in [-0.3, -0.25) is 28.0 Å². The summed E-state index contributed by atoms with van der Waals surface area (Å²) in [6, 6.07) is 16.6. The Labute approximate surface area is 511 Å². The zero-order valence-corrected chi connectivity index (χ0v) is 49.9. The molecule has 6 aliphatic rings. The molecule has 23 heteroatoms. The smallest absolute Gasteiger partial charge is 0.407 e. The lowest BCUT2D eigenvalue weighted by Crippen LogP contribution is -2.48. The Kier molecular flexibility index (Phi) is 15.9. The molecule has 5 amide bonds. The number of ketones is 4. The van der Waals surface area contributed by atoms with Crippen molar-refractivity contribution < 1.29 is 47.1 Å². The number of alkyl carbamates (subject to hydrolysis) is 1. The number of hydrogen-bond acceptors (Lipinski definition) is 11. The molecular formula is C65H67ClF2N12O8. The molecule has 10 heterocycles. The van der Waals surface area contributed by atoms with E-state index in [1.54, 1.807) is 37.2 Å². The minimum Gasteiger partial charge on any atom is -0.444 e. The number of benzene rings is 2. The van der Waals surface area contributed by atoms with E-state index >= 15 is 8.78 Å². The molecule has 14 rings (SSSR count). The molecule has 0 atom stereocenters. The fraction of sp³-hybridized carbons (Fsp3) is 0.369. The van der Waals surface area contributed by atoms with Gasteiger partial charge in [0.2, 0.25) is 0 Å². The summed E-state index contributed by atoms with van der Waals surface area (Å²) in [5.74, 6) is -1.40. The number of nitrogens with two attached hydrogens (primary N) is 1. The first-order valence-corrected chi connectivity index (χ1v) is 29.7. The van der Waals surface area contributed by atoms with Crippen molar-refractivity contribution in [1.82, 2.24) is 52.8 Å². The van der Waals surface area contributed by atoms with Crippen LogP contribution in [0.25, 0.3) is 55.4 Å². The second-order valence-electron chi connectivity index (χ2n) is 24.5. The van der Waals surface area contributed by atoms with Crippen LogP contribution in [0.3, 0.4) is 0 Å². The maximum Gasteiger partial charge on any atom is 0.407 e. The lowest BCUT2D eigenvalue weighted by atomic mass is 9.97. The molecule has 0 radical (unpaired) electrons. The molecule has 20 nitrogen and oxygen atoms in total. The third-order valence-corrected chi connectivity index (χ3v) is 17.7. The number of carbonyl (C=O) groups excluding carboxylic acids is 7. The van der Waals surface area contributed by atoms with Gasteiger partial charge >= 0.3 is 18.2 Å². The van der Waals surface area contributed by atoms with Gasteiger partial charge in [-0.25, -0.2) is 33.1 Å². The number of Topliss-reactive ketones (excluding diaryl/α,β-unsaturated/α-hetero) is 4. The molecule has 0 spiro atoms. The maximum absolute atomic E-state index is 15.3. The van der Waals surface area contributed by atoms with Gasteiger partial charge in [-0.2, -0.15) is 0 Å². The van der Waals surface area contributed by atoms with Crippen LogP contribution >= 0.6 is 12.4 Å². The highest BCUT2D eigenvalue weighted by atomic mass is 35.5. The van der Waals surface area contributed by atoms with Crippen molar-refractivity contribution in [2.24, 2.45) is 17.6 Å². The van der Waals surface area contributed by atoms with Gasteiger partial charge < -0.3 is 44.5 Å². The second-order valence-corrected chi connectivity index (χ2v) is 24.5. The van der Waals surface area contributed by atoms with Crippen molar-refractivity contribution >= 4 is 109 Å². The van der Waals surface area contributed by atoms with E-state index in [-0.39, 0.29) is 90.6 Å². The van der Waals surface area contributed by atoms with Crippen LogP contribution in [0.15, 0.2) is 97.8 Å². The Morgan fingerprint density at radius 1 is 0.591 bits per heavy atom. The van der Waals surface area contributed by atoms with Crippen molar-refractivity contribution in [3.63, 3.8) is 0 Å². The summed E-state index contributed by atoms with van der Waals surface area (Å²) in [6.45, 7) is 11.3. The van der Waals surface area contributed by atoms with Crippen LogP contribution in [-0.2, 0) is 50.1 Å². The molecule has 2 saturated heterocycles. The van der Waals surface area contributed by atoms with E-state index in [2.05, 4.69) is 15.3 Å².